The Kier molecular flexibility index (Phi) is 2.38. The summed E-state index contributed by atoms with van der Waals surface area (Å²) in [5.41, 5.74) is 6.63. The number of para-hydroxylation sites is 2. The zero-order valence-corrected chi connectivity index (χ0v) is 9.71. The number of carbonyl (C=O) groups is 1. The van der Waals surface area contributed by atoms with Crippen LogP contribution in [0.2, 0.25) is 0 Å². The molecule has 0 atom stereocenters. The molecule has 0 spiro atoms. The molecule has 1 saturated carbocycles. The Labute approximate surface area is 104 Å². The van der Waals surface area contributed by atoms with Gasteiger partial charge >= 0.3 is 0 Å². The normalized spacial score (nSPS) is 16.3. The summed E-state index contributed by atoms with van der Waals surface area (Å²) in [6.45, 7) is 0. The third kappa shape index (κ3) is 1.86. The minimum absolute atomic E-state index is 0.143. The lowest BCUT2D eigenvalue weighted by Gasteiger charge is -2.13. The van der Waals surface area contributed by atoms with E-state index in [1.54, 1.807) is 17.1 Å². The van der Waals surface area contributed by atoms with Gasteiger partial charge in [-0.25, -0.2) is 4.68 Å². The van der Waals surface area contributed by atoms with Gasteiger partial charge in [0.05, 0.1) is 29.3 Å². The van der Waals surface area contributed by atoms with Crippen LogP contribution in [0.25, 0.3) is 5.69 Å². The standard InChI is InChI=1S/C12H13N5O/c13-12(5-6-12)11(18)15-9-3-1-2-4-10(9)17-8-7-14-16-17/h1-4,7-8H,5-6,13H2,(H,15,18). The number of aromatic nitrogens is 3. The van der Waals surface area contributed by atoms with Gasteiger partial charge in [0.15, 0.2) is 0 Å². The molecule has 1 aliphatic rings. The van der Waals surface area contributed by atoms with Crippen molar-refractivity contribution in [1.29, 1.82) is 0 Å². The molecule has 3 N–H and O–H groups in total. The van der Waals surface area contributed by atoms with Crippen LogP contribution < -0.4 is 11.1 Å². The number of amides is 1. The zero-order valence-electron chi connectivity index (χ0n) is 9.71. The first-order chi connectivity index (χ1) is 8.69. The highest BCUT2D eigenvalue weighted by Crippen LogP contribution is 2.33. The minimum Gasteiger partial charge on any atom is -0.323 e. The van der Waals surface area contributed by atoms with E-state index < -0.39 is 5.54 Å². The van der Waals surface area contributed by atoms with E-state index in [-0.39, 0.29) is 5.91 Å². The molecule has 1 amide bonds. The van der Waals surface area contributed by atoms with Crippen molar-refractivity contribution in [3.63, 3.8) is 0 Å². The first-order valence-electron chi connectivity index (χ1n) is 5.75. The predicted octanol–water partition coefficient (Wildman–Crippen LogP) is 0.697. The van der Waals surface area contributed by atoms with Gasteiger partial charge in [0, 0.05) is 0 Å². The Balaban J connectivity index is 1.90. The Morgan fingerprint density at radius 3 is 2.83 bits per heavy atom. The largest absolute Gasteiger partial charge is 0.323 e. The van der Waals surface area contributed by atoms with Gasteiger partial charge in [-0.1, -0.05) is 17.3 Å². The molecule has 1 aromatic carbocycles. The molecular weight excluding hydrogens is 230 g/mol. The van der Waals surface area contributed by atoms with E-state index in [0.29, 0.717) is 5.69 Å². The van der Waals surface area contributed by atoms with Crippen LogP contribution in [-0.4, -0.2) is 26.4 Å². The van der Waals surface area contributed by atoms with Gasteiger partial charge in [-0.05, 0) is 25.0 Å². The maximum atomic E-state index is 11.9. The molecule has 1 heterocycles. The molecule has 3 rings (SSSR count). The number of nitrogens with zero attached hydrogens (tertiary/aromatic N) is 3. The van der Waals surface area contributed by atoms with Crippen molar-refractivity contribution < 1.29 is 4.79 Å². The number of nitrogens with two attached hydrogens (primary N) is 1. The highest BCUT2D eigenvalue weighted by atomic mass is 16.2. The molecule has 0 radical (unpaired) electrons. The van der Waals surface area contributed by atoms with Crippen LogP contribution in [-0.2, 0) is 4.79 Å². The van der Waals surface area contributed by atoms with Crippen LogP contribution in [0.3, 0.4) is 0 Å². The predicted molar refractivity (Wildman–Crippen MR) is 66.1 cm³/mol. The molecular formula is C12H13N5O. The zero-order chi connectivity index (χ0) is 12.6. The van der Waals surface area contributed by atoms with Crippen LogP contribution in [0.15, 0.2) is 36.7 Å². The number of benzene rings is 1. The fraction of sp³-hybridized carbons (Fsp3) is 0.250. The Hall–Kier alpha value is -2.21. The number of nitrogens with one attached hydrogen (secondary N) is 1. The molecule has 6 nitrogen and oxygen atoms in total. The van der Waals surface area contributed by atoms with Gasteiger partial charge in [0.1, 0.15) is 0 Å². The molecule has 0 bridgehead atoms. The maximum Gasteiger partial charge on any atom is 0.244 e. The molecule has 1 fully saturated rings. The van der Waals surface area contributed by atoms with Gasteiger partial charge in [-0.2, -0.15) is 0 Å². The summed E-state index contributed by atoms with van der Waals surface area (Å²) in [6, 6.07) is 7.41. The lowest BCUT2D eigenvalue weighted by Crippen LogP contribution is -2.38. The van der Waals surface area contributed by atoms with E-state index in [9.17, 15) is 4.79 Å². The maximum absolute atomic E-state index is 11.9. The van der Waals surface area contributed by atoms with Gasteiger partial charge in [-0.15, -0.1) is 5.10 Å². The average Bonchev–Trinajstić information content (AvgIpc) is 2.93. The Morgan fingerprint density at radius 2 is 2.17 bits per heavy atom. The summed E-state index contributed by atoms with van der Waals surface area (Å²) in [4.78, 5) is 11.9. The second kappa shape index (κ2) is 3.92. The van der Waals surface area contributed by atoms with E-state index in [4.69, 9.17) is 5.73 Å². The summed E-state index contributed by atoms with van der Waals surface area (Å²) in [5, 5.41) is 10.5. The molecule has 0 saturated heterocycles. The minimum atomic E-state index is -0.685. The molecule has 0 unspecified atom stereocenters. The summed E-state index contributed by atoms with van der Waals surface area (Å²) in [6.07, 6.45) is 4.79. The van der Waals surface area contributed by atoms with Gasteiger partial charge in [0.2, 0.25) is 5.91 Å². The van der Waals surface area contributed by atoms with E-state index in [1.165, 1.54) is 0 Å². The monoisotopic (exact) mass is 243 g/mol. The van der Waals surface area contributed by atoms with Gasteiger partial charge < -0.3 is 11.1 Å². The summed E-state index contributed by atoms with van der Waals surface area (Å²) in [5.74, 6) is -0.143. The number of carbonyl (C=O) groups excluding carboxylic acids is 1. The highest BCUT2D eigenvalue weighted by molar-refractivity contribution is 6.01. The molecule has 18 heavy (non-hydrogen) atoms. The molecule has 6 heteroatoms. The van der Waals surface area contributed by atoms with E-state index in [0.717, 1.165) is 18.5 Å². The lowest BCUT2D eigenvalue weighted by molar-refractivity contribution is -0.118. The lowest BCUT2D eigenvalue weighted by atomic mass is 10.2. The summed E-state index contributed by atoms with van der Waals surface area (Å²) < 4.78 is 1.60. The van der Waals surface area contributed by atoms with Crippen molar-refractivity contribution in [3.05, 3.63) is 36.7 Å². The van der Waals surface area contributed by atoms with Crippen molar-refractivity contribution in [2.45, 2.75) is 18.4 Å². The SMILES string of the molecule is NC1(C(=O)Nc2ccccc2-n2ccnn2)CC1. The third-order valence-corrected chi connectivity index (χ3v) is 3.06. The van der Waals surface area contributed by atoms with Crippen LogP contribution in [0.1, 0.15) is 12.8 Å². The van der Waals surface area contributed by atoms with Crippen LogP contribution >= 0.6 is 0 Å². The molecule has 92 valence electrons. The Morgan fingerprint density at radius 1 is 1.39 bits per heavy atom. The number of hydrogen-bond donors (Lipinski definition) is 2. The number of anilines is 1. The van der Waals surface area contributed by atoms with E-state index in [1.807, 2.05) is 24.3 Å². The van der Waals surface area contributed by atoms with Crippen molar-refractivity contribution in [3.8, 4) is 5.69 Å². The summed E-state index contributed by atoms with van der Waals surface area (Å²) >= 11 is 0. The molecule has 2 aromatic rings. The van der Waals surface area contributed by atoms with Gasteiger partial charge in [-0.3, -0.25) is 4.79 Å². The fourth-order valence-electron chi connectivity index (χ4n) is 1.72. The smallest absolute Gasteiger partial charge is 0.244 e. The van der Waals surface area contributed by atoms with Crippen molar-refractivity contribution in [2.75, 3.05) is 5.32 Å². The second-order valence-electron chi connectivity index (χ2n) is 4.48. The van der Waals surface area contributed by atoms with Crippen LogP contribution in [0.5, 0.6) is 0 Å². The van der Waals surface area contributed by atoms with E-state index in [2.05, 4.69) is 15.6 Å². The third-order valence-electron chi connectivity index (χ3n) is 3.06. The topological polar surface area (TPSA) is 85.8 Å². The number of hydrogen-bond acceptors (Lipinski definition) is 4. The van der Waals surface area contributed by atoms with Crippen LogP contribution in [0, 0.1) is 0 Å². The van der Waals surface area contributed by atoms with Crippen molar-refractivity contribution in [1.82, 2.24) is 15.0 Å². The Bertz CT molecular complexity index is 574. The first-order valence-corrected chi connectivity index (χ1v) is 5.75. The number of rotatable bonds is 3. The summed E-state index contributed by atoms with van der Waals surface area (Å²) in [7, 11) is 0. The molecule has 1 aromatic heterocycles. The van der Waals surface area contributed by atoms with Crippen molar-refractivity contribution in [2.24, 2.45) is 5.73 Å². The first kappa shape index (κ1) is 10.9. The highest BCUT2D eigenvalue weighted by Gasteiger charge is 2.46. The van der Waals surface area contributed by atoms with Crippen molar-refractivity contribution >= 4 is 11.6 Å². The fourth-order valence-corrected chi connectivity index (χ4v) is 1.72. The molecule has 1 aliphatic carbocycles. The van der Waals surface area contributed by atoms with Crippen LogP contribution in [0.4, 0.5) is 5.69 Å². The average molecular weight is 243 g/mol. The molecule has 0 aliphatic heterocycles. The quantitative estimate of drug-likeness (QED) is 0.830. The second-order valence-corrected chi connectivity index (χ2v) is 4.48. The van der Waals surface area contributed by atoms with E-state index >= 15 is 0 Å². The van der Waals surface area contributed by atoms with Gasteiger partial charge in [0.25, 0.3) is 0 Å².